The number of fused-ring (bicyclic) bond motifs is 1. The van der Waals surface area contributed by atoms with Gasteiger partial charge in [0.05, 0.1) is 0 Å². The monoisotopic (exact) mass is 296 g/mol. The van der Waals surface area contributed by atoms with Crippen LogP contribution in [0.5, 0.6) is 5.75 Å². The lowest BCUT2D eigenvalue weighted by Crippen LogP contribution is -2.46. The fourth-order valence-electron chi connectivity index (χ4n) is 2.97. The molecule has 0 fully saturated rings. The fourth-order valence-corrected chi connectivity index (χ4v) is 2.97. The zero-order chi connectivity index (χ0) is 15.5. The first-order chi connectivity index (χ1) is 10.7. The van der Waals surface area contributed by atoms with Gasteiger partial charge in [-0.25, -0.2) is 5.01 Å². The number of amides is 1. The Kier molecular flexibility index (Phi) is 4.11. The van der Waals surface area contributed by atoms with Gasteiger partial charge in [-0.05, 0) is 47.7 Å². The van der Waals surface area contributed by atoms with Crippen molar-refractivity contribution in [3.63, 3.8) is 0 Å². The molecule has 22 heavy (non-hydrogen) atoms. The number of aromatic hydroxyl groups is 1. The van der Waals surface area contributed by atoms with Crippen LogP contribution >= 0.6 is 0 Å². The Bertz CT molecular complexity index is 670. The number of rotatable bonds is 3. The molecule has 0 aromatic heterocycles. The number of nitrogens with zero attached hydrogens (tertiary/aromatic N) is 1. The molecule has 1 unspecified atom stereocenters. The van der Waals surface area contributed by atoms with E-state index in [0.717, 1.165) is 18.5 Å². The minimum Gasteiger partial charge on any atom is -0.508 e. The number of phenolic OH excluding ortho intramolecular Hbond substituents is 1. The number of hydrazine groups is 1. The maximum Gasteiger partial charge on any atom is 0.265 e. The molecule has 1 aliphatic rings. The highest BCUT2D eigenvalue weighted by molar-refractivity contribution is 5.93. The van der Waals surface area contributed by atoms with E-state index in [0.29, 0.717) is 23.8 Å². The molecule has 2 N–H and O–H groups in total. The molecule has 1 atom stereocenters. The Morgan fingerprint density at radius 3 is 2.77 bits per heavy atom. The van der Waals surface area contributed by atoms with Crippen LogP contribution in [-0.4, -0.2) is 22.6 Å². The molecule has 2 aromatic carbocycles. The van der Waals surface area contributed by atoms with E-state index in [4.69, 9.17) is 0 Å². The number of hydrogen-bond acceptors (Lipinski definition) is 3. The molecule has 1 heterocycles. The zero-order valence-electron chi connectivity index (χ0n) is 12.6. The van der Waals surface area contributed by atoms with Crippen LogP contribution in [0.2, 0.25) is 0 Å². The van der Waals surface area contributed by atoms with Crippen LogP contribution < -0.4 is 5.43 Å². The van der Waals surface area contributed by atoms with Gasteiger partial charge in [0, 0.05) is 18.7 Å². The summed E-state index contributed by atoms with van der Waals surface area (Å²) in [7, 11) is 0. The largest absolute Gasteiger partial charge is 0.508 e. The first-order valence-corrected chi connectivity index (χ1v) is 7.60. The summed E-state index contributed by atoms with van der Waals surface area (Å²) in [6.07, 6.45) is 0.966. The fraction of sp³-hybridized carbons (Fsp3) is 0.278. The number of nitrogens with one attached hydrogen (secondary N) is 1. The van der Waals surface area contributed by atoms with Crippen LogP contribution in [0, 0.1) is 0 Å². The van der Waals surface area contributed by atoms with Crippen molar-refractivity contribution < 1.29 is 9.90 Å². The Morgan fingerprint density at radius 1 is 1.27 bits per heavy atom. The number of carbonyl (C=O) groups excluding carboxylic acids is 1. The van der Waals surface area contributed by atoms with Gasteiger partial charge in [0.1, 0.15) is 5.75 Å². The Balaban J connectivity index is 1.77. The van der Waals surface area contributed by atoms with Crippen LogP contribution in [0.1, 0.15) is 40.7 Å². The first-order valence-electron chi connectivity index (χ1n) is 7.60. The van der Waals surface area contributed by atoms with Gasteiger partial charge in [-0.2, -0.15) is 0 Å². The van der Waals surface area contributed by atoms with Crippen molar-refractivity contribution in [3.8, 4) is 5.75 Å². The highest BCUT2D eigenvalue weighted by atomic mass is 16.3. The van der Waals surface area contributed by atoms with E-state index in [1.165, 1.54) is 5.56 Å². The van der Waals surface area contributed by atoms with Gasteiger partial charge in [-0.15, -0.1) is 0 Å². The Morgan fingerprint density at radius 2 is 2.05 bits per heavy atom. The molecule has 0 saturated carbocycles. The zero-order valence-corrected chi connectivity index (χ0v) is 12.6. The van der Waals surface area contributed by atoms with Crippen molar-refractivity contribution in [2.45, 2.75) is 25.8 Å². The summed E-state index contributed by atoms with van der Waals surface area (Å²) in [5, 5.41) is 11.6. The van der Waals surface area contributed by atoms with Gasteiger partial charge in [0.2, 0.25) is 0 Å². The molecule has 3 rings (SSSR count). The predicted molar refractivity (Wildman–Crippen MR) is 85.5 cm³/mol. The third kappa shape index (κ3) is 2.97. The molecule has 1 aliphatic heterocycles. The van der Waals surface area contributed by atoms with E-state index in [1.54, 1.807) is 6.07 Å². The average Bonchev–Trinajstić information content (AvgIpc) is 2.55. The van der Waals surface area contributed by atoms with Crippen molar-refractivity contribution in [3.05, 3.63) is 65.2 Å². The number of benzene rings is 2. The molecule has 0 aliphatic carbocycles. The molecular formula is C18H20N2O2. The van der Waals surface area contributed by atoms with Crippen LogP contribution in [0.3, 0.4) is 0 Å². The highest BCUT2D eigenvalue weighted by Crippen LogP contribution is 2.32. The van der Waals surface area contributed by atoms with Gasteiger partial charge in [-0.1, -0.05) is 31.2 Å². The third-order valence-electron chi connectivity index (χ3n) is 4.16. The predicted octanol–water partition coefficient (Wildman–Crippen LogP) is 3.05. The summed E-state index contributed by atoms with van der Waals surface area (Å²) in [6.45, 7) is 3.54. The normalized spacial score (nSPS) is 17.8. The molecule has 0 bridgehead atoms. The van der Waals surface area contributed by atoms with Crippen molar-refractivity contribution in [1.82, 2.24) is 10.4 Å². The molecule has 4 heteroatoms. The van der Waals surface area contributed by atoms with Gasteiger partial charge in [0.25, 0.3) is 5.91 Å². The van der Waals surface area contributed by atoms with E-state index in [-0.39, 0.29) is 5.91 Å². The van der Waals surface area contributed by atoms with Crippen LogP contribution in [0.15, 0.2) is 48.5 Å². The minimum absolute atomic E-state index is 0.0855. The molecule has 0 spiro atoms. The van der Waals surface area contributed by atoms with Crippen molar-refractivity contribution in [1.29, 1.82) is 0 Å². The van der Waals surface area contributed by atoms with Gasteiger partial charge < -0.3 is 5.11 Å². The smallest absolute Gasteiger partial charge is 0.265 e. The van der Waals surface area contributed by atoms with E-state index in [9.17, 15) is 9.90 Å². The summed E-state index contributed by atoms with van der Waals surface area (Å²) in [5.41, 5.74) is 5.99. The quantitative estimate of drug-likeness (QED) is 0.915. The summed E-state index contributed by atoms with van der Waals surface area (Å²) in [4.78, 5) is 12.3. The van der Waals surface area contributed by atoms with Crippen molar-refractivity contribution in [2.24, 2.45) is 0 Å². The maximum absolute atomic E-state index is 12.3. The van der Waals surface area contributed by atoms with Crippen LogP contribution in [-0.2, 0) is 6.54 Å². The number of phenols is 1. The van der Waals surface area contributed by atoms with Crippen molar-refractivity contribution >= 4 is 5.91 Å². The number of carbonyl (C=O) groups is 1. The Labute approximate surface area is 130 Å². The van der Waals surface area contributed by atoms with Gasteiger partial charge >= 0.3 is 0 Å². The number of hydrogen-bond donors (Lipinski definition) is 2. The first kappa shape index (κ1) is 14.6. The van der Waals surface area contributed by atoms with E-state index in [2.05, 4.69) is 12.3 Å². The summed E-state index contributed by atoms with van der Waals surface area (Å²) < 4.78 is 0. The molecule has 4 nitrogen and oxygen atoms in total. The summed E-state index contributed by atoms with van der Waals surface area (Å²) >= 11 is 0. The highest BCUT2D eigenvalue weighted by Gasteiger charge is 2.25. The molecule has 0 saturated heterocycles. The lowest BCUT2D eigenvalue weighted by molar-refractivity contribution is 0.0740. The second kappa shape index (κ2) is 6.20. The topological polar surface area (TPSA) is 52.6 Å². The lowest BCUT2D eigenvalue weighted by Gasteiger charge is -2.34. The van der Waals surface area contributed by atoms with E-state index < -0.39 is 0 Å². The summed E-state index contributed by atoms with van der Waals surface area (Å²) in [5.74, 6) is 0.531. The van der Waals surface area contributed by atoms with Crippen molar-refractivity contribution in [2.75, 3.05) is 6.54 Å². The molecule has 0 radical (unpaired) electrons. The minimum atomic E-state index is -0.0855. The maximum atomic E-state index is 12.3. The van der Waals surface area contributed by atoms with Crippen LogP contribution in [0.4, 0.5) is 0 Å². The SMILES string of the molecule is CCC1CN(NC(=O)c2ccccc2)Cc2ccc(O)cc21. The average molecular weight is 296 g/mol. The second-order valence-corrected chi connectivity index (χ2v) is 5.68. The third-order valence-corrected chi connectivity index (χ3v) is 4.16. The molecular weight excluding hydrogens is 276 g/mol. The van der Waals surface area contributed by atoms with Crippen LogP contribution in [0.25, 0.3) is 0 Å². The van der Waals surface area contributed by atoms with Gasteiger partial charge in [-0.3, -0.25) is 10.2 Å². The molecule has 114 valence electrons. The standard InChI is InChI=1S/C18H20N2O2/c1-2-13-11-20(12-15-8-9-16(21)10-17(13)15)19-18(22)14-6-4-3-5-7-14/h3-10,13,21H,2,11-12H2,1H3,(H,19,22). The van der Waals surface area contributed by atoms with Gasteiger partial charge in [0.15, 0.2) is 0 Å². The Hall–Kier alpha value is -2.33. The second-order valence-electron chi connectivity index (χ2n) is 5.68. The molecule has 1 amide bonds. The summed E-state index contributed by atoms with van der Waals surface area (Å²) in [6, 6.07) is 14.7. The van der Waals surface area contributed by atoms with E-state index >= 15 is 0 Å². The van der Waals surface area contributed by atoms with E-state index in [1.807, 2.05) is 47.5 Å². The molecule has 2 aromatic rings. The lowest BCUT2D eigenvalue weighted by atomic mass is 9.88.